The van der Waals surface area contributed by atoms with E-state index in [1.54, 1.807) is 24.3 Å². The quantitative estimate of drug-likeness (QED) is 0.519. The SMILES string of the molecule is CC(COc1ccc2cc(OCc3ccccc3)c(N3CC(=O)NS3(=O)=O)c(F)c2c1)C1CC1. The molecule has 1 saturated carbocycles. The molecule has 0 spiro atoms. The molecule has 0 radical (unpaired) electrons. The molecule has 7 nitrogen and oxygen atoms in total. The summed E-state index contributed by atoms with van der Waals surface area (Å²) in [6, 6.07) is 15.9. The molecule has 3 aromatic carbocycles. The molecule has 1 aliphatic carbocycles. The second kappa shape index (κ2) is 8.79. The van der Waals surface area contributed by atoms with Crippen LogP contribution in [0.5, 0.6) is 11.5 Å². The van der Waals surface area contributed by atoms with E-state index in [0.717, 1.165) is 5.56 Å². The van der Waals surface area contributed by atoms with Gasteiger partial charge in [0.1, 0.15) is 30.3 Å². The Morgan fingerprint density at radius 1 is 1.12 bits per heavy atom. The molecule has 1 aliphatic heterocycles. The second-order valence-electron chi connectivity index (χ2n) is 8.86. The zero-order chi connectivity index (χ0) is 23.9. The monoisotopic (exact) mass is 484 g/mol. The third-order valence-corrected chi connectivity index (χ3v) is 7.61. The number of carbonyl (C=O) groups excluding carboxylic acids is 1. The number of carbonyl (C=O) groups is 1. The fourth-order valence-corrected chi connectivity index (χ4v) is 5.30. The number of hydrogen-bond donors (Lipinski definition) is 1. The van der Waals surface area contributed by atoms with Crippen LogP contribution in [-0.4, -0.2) is 27.5 Å². The molecule has 9 heteroatoms. The van der Waals surface area contributed by atoms with E-state index in [1.807, 2.05) is 35.1 Å². The summed E-state index contributed by atoms with van der Waals surface area (Å²) in [6.07, 6.45) is 2.42. The minimum atomic E-state index is -4.24. The molecule has 2 aliphatic rings. The highest BCUT2D eigenvalue weighted by Gasteiger charge is 2.38. The van der Waals surface area contributed by atoms with Crippen molar-refractivity contribution in [2.45, 2.75) is 26.4 Å². The molecule has 1 heterocycles. The normalized spacial score (nSPS) is 18.1. The van der Waals surface area contributed by atoms with E-state index in [1.165, 1.54) is 12.8 Å². The lowest BCUT2D eigenvalue weighted by Crippen LogP contribution is -2.30. The van der Waals surface area contributed by atoms with Crippen LogP contribution in [0.3, 0.4) is 0 Å². The molecule has 178 valence electrons. The van der Waals surface area contributed by atoms with Crippen LogP contribution in [0.1, 0.15) is 25.3 Å². The van der Waals surface area contributed by atoms with E-state index < -0.39 is 28.5 Å². The van der Waals surface area contributed by atoms with Crippen LogP contribution >= 0.6 is 0 Å². The lowest BCUT2D eigenvalue weighted by atomic mass is 10.1. The maximum Gasteiger partial charge on any atom is 0.326 e. The molecular weight excluding hydrogens is 459 g/mol. The number of halogens is 1. The van der Waals surface area contributed by atoms with Crippen LogP contribution in [0.2, 0.25) is 0 Å². The summed E-state index contributed by atoms with van der Waals surface area (Å²) in [7, 11) is -4.24. The number of rotatable bonds is 8. The van der Waals surface area contributed by atoms with Gasteiger partial charge in [-0.05, 0) is 53.8 Å². The van der Waals surface area contributed by atoms with Gasteiger partial charge in [0.2, 0.25) is 0 Å². The predicted octanol–water partition coefficient (Wildman–Crippen LogP) is 4.16. The van der Waals surface area contributed by atoms with Crippen LogP contribution in [0.15, 0.2) is 54.6 Å². The van der Waals surface area contributed by atoms with Crippen LogP contribution < -0.4 is 18.5 Å². The Kier molecular flexibility index (Phi) is 5.81. The molecule has 1 saturated heterocycles. The van der Waals surface area contributed by atoms with Gasteiger partial charge in [-0.1, -0.05) is 43.3 Å². The Balaban J connectivity index is 1.53. The molecule has 5 rings (SSSR count). The molecule has 3 aromatic rings. The van der Waals surface area contributed by atoms with Crippen LogP contribution in [0, 0.1) is 17.7 Å². The largest absolute Gasteiger partial charge is 0.493 e. The van der Waals surface area contributed by atoms with Gasteiger partial charge in [0.15, 0.2) is 5.82 Å². The number of hydrogen-bond acceptors (Lipinski definition) is 5. The molecule has 0 aromatic heterocycles. The Hall–Kier alpha value is -3.33. The first-order chi connectivity index (χ1) is 16.3. The summed E-state index contributed by atoms with van der Waals surface area (Å²) in [5, 5.41) is 0.718. The Labute approximate surface area is 197 Å². The van der Waals surface area contributed by atoms with Crippen molar-refractivity contribution in [2.24, 2.45) is 11.8 Å². The summed E-state index contributed by atoms with van der Waals surface area (Å²) < 4.78 is 55.4. The smallest absolute Gasteiger partial charge is 0.326 e. The molecule has 1 N–H and O–H groups in total. The van der Waals surface area contributed by atoms with Crippen molar-refractivity contribution < 1.29 is 27.1 Å². The highest BCUT2D eigenvalue weighted by Crippen LogP contribution is 2.41. The number of nitrogens with one attached hydrogen (secondary N) is 1. The lowest BCUT2D eigenvalue weighted by molar-refractivity contribution is -0.117. The van der Waals surface area contributed by atoms with Gasteiger partial charge in [0.05, 0.1) is 6.61 Å². The van der Waals surface area contributed by atoms with Gasteiger partial charge < -0.3 is 9.47 Å². The van der Waals surface area contributed by atoms with Crippen molar-refractivity contribution in [3.63, 3.8) is 0 Å². The van der Waals surface area contributed by atoms with Crippen LogP contribution in [0.4, 0.5) is 10.1 Å². The Bertz CT molecular complexity index is 1340. The van der Waals surface area contributed by atoms with E-state index >= 15 is 4.39 Å². The lowest BCUT2D eigenvalue weighted by Gasteiger charge is -2.21. The first-order valence-electron chi connectivity index (χ1n) is 11.2. The molecule has 1 atom stereocenters. The maximum atomic E-state index is 15.9. The van der Waals surface area contributed by atoms with Crippen molar-refractivity contribution in [1.82, 2.24) is 4.72 Å². The summed E-state index contributed by atoms with van der Waals surface area (Å²) in [6.45, 7) is 2.24. The Morgan fingerprint density at radius 3 is 2.56 bits per heavy atom. The highest BCUT2D eigenvalue weighted by molar-refractivity contribution is 7.92. The van der Waals surface area contributed by atoms with Gasteiger partial charge in [-0.15, -0.1) is 0 Å². The third-order valence-electron chi connectivity index (χ3n) is 6.24. The average Bonchev–Trinajstić information content (AvgIpc) is 3.62. The van der Waals surface area contributed by atoms with Crippen LogP contribution in [0.25, 0.3) is 10.8 Å². The molecule has 0 bridgehead atoms. The fourth-order valence-electron chi connectivity index (χ4n) is 4.14. The van der Waals surface area contributed by atoms with Crippen molar-refractivity contribution in [2.75, 3.05) is 17.5 Å². The molecule has 2 fully saturated rings. The maximum absolute atomic E-state index is 15.9. The van der Waals surface area contributed by atoms with E-state index in [0.29, 0.717) is 33.9 Å². The number of benzene rings is 3. The van der Waals surface area contributed by atoms with E-state index in [4.69, 9.17) is 9.47 Å². The van der Waals surface area contributed by atoms with Gasteiger partial charge in [-0.3, -0.25) is 4.79 Å². The van der Waals surface area contributed by atoms with Crippen molar-refractivity contribution in [1.29, 1.82) is 0 Å². The average molecular weight is 485 g/mol. The number of fused-ring (bicyclic) bond motifs is 1. The van der Waals surface area contributed by atoms with Crippen LogP contribution in [-0.2, 0) is 21.6 Å². The summed E-state index contributed by atoms with van der Waals surface area (Å²) >= 11 is 0. The molecule has 1 unspecified atom stereocenters. The summed E-state index contributed by atoms with van der Waals surface area (Å²) in [4.78, 5) is 11.9. The Morgan fingerprint density at radius 2 is 1.88 bits per heavy atom. The highest BCUT2D eigenvalue weighted by atomic mass is 32.2. The van der Waals surface area contributed by atoms with Gasteiger partial charge in [-0.2, -0.15) is 8.42 Å². The molecule has 34 heavy (non-hydrogen) atoms. The zero-order valence-corrected chi connectivity index (χ0v) is 19.5. The minimum absolute atomic E-state index is 0.0324. The van der Waals surface area contributed by atoms with E-state index in [9.17, 15) is 13.2 Å². The number of amides is 1. The number of anilines is 1. The number of ether oxygens (including phenoxy) is 2. The minimum Gasteiger partial charge on any atom is -0.493 e. The van der Waals surface area contributed by atoms with Gasteiger partial charge >= 0.3 is 10.2 Å². The van der Waals surface area contributed by atoms with Gasteiger partial charge in [0, 0.05) is 5.39 Å². The van der Waals surface area contributed by atoms with E-state index in [-0.39, 0.29) is 23.4 Å². The second-order valence-corrected chi connectivity index (χ2v) is 10.5. The molecule has 1 amide bonds. The number of nitrogens with zero attached hydrogens (tertiary/aromatic N) is 1. The van der Waals surface area contributed by atoms with E-state index in [2.05, 4.69) is 6.92 Å². The van der Waals surface area contributed by atoms with Gasteiger partial charge in [-0.25, -0.2) is 13.4 Å². The first kappa shape index (κ1) is 22.5. The van der Waals surface area contributed by atoms with Crippen molar-refractivity contribution in [3.05, 3.63) is 66.0 Å². The predicted molar refractivity (Wildman–Crippen MR) is 126 cm³/mol. The summed E-state index contributed by atoms with van der Waals surface area (Å²) in [5.41, 5.74) is 0.534. The van der Waals surface area contributed by atoms with Gasteiger partial charge in [0.25, 0.3) is 5.91 Å². The topological polar surface area (TPSA) is 84.9 Å². The zero-order valence-electron chi connectivity index (χ0n) is 18.7. The molecular formula is C25H25FN2O5S. The fraction of sp³-hybridized carbons (Fsp3) is 0.320. The summed E-state index contributed by atoms with van der Waals surface area (Å²) in [5.74, 6) is 0.0995. The third kappa shape index (κ3) is 4.52. The van der Waals surface area contributed by atoms with Crippen molar-refractivity contribution >= 4 is 32.6 Å². The standard InChI is InChI=1S/C25H25FN2O5S/c1-16(18-7-8-18)14-32-20-10-9-19-11-22(33-15-17-5-3-2-4-6-17)25(24(26)21(19)12-20)28-13-23(29)27-34(28,30)31/h2-6,9-12,16,18H,7-8,13-15H2,1H3,(H,27,29). The van der Waals surface area contributed by atoms with Crippen molar-refractivity contribution in [3.8, 4) is 11.5 Å². The first-order valence-corrected chi connectivity index (χ1v) is 12.6.